The quantitative estimate of drug-likeness (QED) is 0.561. The van der Waals surface area contributed by atoms with Crippen LogP contribution < -0.4 is 4.74 Å². The molecule has 1 saturated heterocycles. The number of aliphatic carboxylic acids is 1. The summed E-state index contributed by atoms with van der Waals surface area (Å²) in [6.07, 6.45) is -1.46. The molecule has 1 aromatic rings. The van der Waals surface area contributed by atoms with Crippen LogP contribution in [0.5, 0.6) is 5.75 Å². The molecule has 2 N–H and O–H groups in total. The van der Waals surface area contributed by atoms with Gasteiger partial charge in [0.05, 0.1) is 25.8 Å². The number of carboxylic acids is 1. The molecule has 1 aliphatic heterocycles. The molecule has 1 aromatic carbocycles. The Balaban J connectivity index is 2.52. The van der Waals surface area contributed by atoms with Crippen LogP contribution in [0.2, 0.25) is 0 Å². The molecule has 0 saturated carbocycles. The van der Waals surface area contributed by atoms with Crippen LogP contribution >= 0.6 is 0 Å². The maximum absolute atomic E-state index is 13.1. The van der Waals surface area contributed by atoms with Crippen molar-refractivity contribution in [2.45, 2.75) is 31.1 Å². The molecule has 12 heteroatoms. The first-order valence-electron chi connectivity index (χ1n) is 9.09. The van der Waals surface area contributed by atoms with E-state index in [-0.39, 0.29) is 19.6 Å². The molecule has 0 bridgehead atoms. The number of rotatable bonds is 9. The summed E-state index contributed by atoms with van der Waals surface area (Å²) in [5.74, 6) is -0.836. The van der Waals surface area contributed by atoms with E-state index >= 15 is 0 Å². The van der Waals surface area contributed by atoms with Gasteiger partial charge in [0.2, 0.25) is 0 Å². The Hall–Kier alpha value is -2.41. The Morgan fingerprint density at radius 2 is 1.77 bits per heavy atom. The lowest BCUT2D eigenvalue weighted by Gasteiger charge is -2.33. The zero-order valence-electron chi connectivity index (χ0n) is 17.3. The summed E-state index contributed by atoms with van der Waals surface area (Å²) in [5, 5.41) is 19.4. The fraction of sp³-hybridized carbons (Fsp3) is 0.556. The Labute approximate surface area is 175 Å². The lowest BCUT2D eigenvalue weighted by atomic mass is 10.1. The van der Waals surface area contributed by atoms with Gasteiger partial charge < -0.3 is 19.7 Å². The van der Waals surface area contributed by atoms with Gasteiger partial charge in [-0.1, -0.05) is 12.1 Å². The molecule has 0 spiro atoms. The van der Waals surface area contributed by atoms with Gasteiger partial charge >= 0.3 is 12.1 Å². The van der Waals surface area contributed by atoms with Crippen molar-refractivity contribution in [3.63, 3.8) is 0 Å². The van der Waals surface area contributed by atoms with Crippen LogP contribution in [0.25, 0.3) is 0 Å². The Bertz CT molecular complexity index is 859. The summed E-state index contributed by atoms with van der Waals surface area (Å²) in [6.45, 7) is -0.183. The highest BCUT2D eigenvalue weighted by Crippen LogP contribution is 2.33. The number of benzene rings is 1. The van der Waals surface area contributed by atoms with Crippen LogP contribution in [-0.2, 0) is 26.3 Å². The van der Waals surface area contributed by atoms with Crippen LogP contribution in [0.15, 0.2) is 24.3 Å². The Morgan fingerprint density at radius 1 is 1.17 bits per heavy atom. The van der Waals surface area contributed by atoms with Gasteiger partial charge in [-0.05, 0) is 24.1 Å². The average molecular weight is 445 g/mol. The van der Waals surface area contributed by atoms with Crippen molar-refractivity contribution in [3.8, 4) is 5.75 Å². The minimum atomic E-state index is -4.08. The predicted octanol–water partition coefficient (Wildman–Crippen LogP) is 0.524. The fourth-order valence-electron chi connectivity index (χ4n) is 3.60. The second kappa shape index (κ2) is 9.60. The van der Waals surface area contributed by atoms with Crippen molar-refractivity contribution < 1.29 is 37.7 Å². The lowest BCUT2D eigenvalue weighted by molar-refractivity contribution is -0.143. The van der Waals surface area contributed by atoms with Crippen molar-refractivity contribution in [1.29, 1.82) is 0 Å². The van der Waals surface area contributed by atoms with E-state index in [1.807, 2.05) is 0 Å². The first-order chi connectivity index (χ1) is 14.0. The summed E-state index contributed by atoms with van der Waals surface area (Å²) < 4.78 is 38.4. The zero-order valence-corrected chi connectivity index (χ0v) is 18.1. The highest BCUT2D eigenvalue weighted by Gasteiger charge is 2.53. The van der Waals surface area contributed by atoms with Gasteiger partial charge in [0.15, 0.2) is 0 Å². The van der Waals surface area contributed by atoms with Gasteiger partial charge in [0.1, 0.15) is 11.8 Å². The van der Waals surface area contributed by atoms with Gasteiger partial charge in [-0.25, -0.2) is 9.59 Å². The van der Waals surface area contributed by atoms with Gasteiger partial charge in [-0.3, -0.25) is 4.90 Å². The highest BCUT2D eigenvalue weighted by molar-refractivity contribution is 7.86. The summed E-state index contributed by atoms with van der Waals surface area (Å²) >= 11 is 0. The van der Waals surface area contributed by atoms with Gasteiger partial charge in [-0.15, -0.1) is 0 Å². The largest absolute Gasteiger partial charge is 0.497 e. The Morgan fingerprint density at radius 3 is 2.20 bits per heavy atom. The third-order valence-electron chi connectivity index (χ3n) is 5.03. The highest BCUT2D eigenvalue weighted by atomic mass is 32.2. The summed E-state index contributed by atoms with van der Waals surface area (Å²) in [5.41, 5.74) is 0.599. The third kappa shape index (κ3) is 4.83. The van der Waals surface area contributed by atoms with Crippen LogP contribution in [0.3, 0.4) is 0 Å². The lowest BCUT2D eigenvalue weighted by Crippen LogP contribution is -2.55. The molecule has 168 valence electrons. The molecule has 0 aliphatic carbocycles. The van der Waals surface area contributed by atoms with Crippen molar-refractivity contribution in [2.24, 2.45) is 0 Å². The van der Waals surface area contributed by atoms with Crippen LogP contribution in [0.4, 0.5) is 4.79 Å². The number of hydrogen-bond donors (Lipinski definition) is 2. The van der Waals surface area contributed by atoms with Crippen LogP contribution in [0, 0.1) is 0 Å². The third-order valence-corrected chi connectivity index (χ3v) is 6.94. The molecular weight excluding hydrogens is 418 g/mol. The summed E-state index contributed by atoms with van der Waals surface area (Å²) in [4.78, 5) is 24.6. The van der Waals surface area contributed by atoms with E-state index in [0.717, 1.165) is 13.5 Å². The van der Waals surface area contributed by atoms with Crippen molar-refractivity contribution >= 4 is 22.3 Å². The molecule has 3 atom stereocenters. The minimum Gasteiger partial charge on any atom is -0.497 e. The zero-order chi connectivity index (χ0) is 22.6. The molecule has 1 aliphatic rings. The van der Waals surface area contributed by atoms with Crippen LogP contribution in [-0.4, -0.2) is 97.3 Å². The smallest absolute Gasteiger partial charge is 0.408 e. The van der Waals surface area contributed by atoms with Gasteiger partial charge in [0, 0.05) is 27.7 Å². The molecule has 0 radical (unpaired) electrons. The van der Waals surface area contributed by atoms with Gasteiger partial charge in [0.25, 0.3) is 10.2 Å². The molecule has 1 heterocycles. The van der Waals surface area contributed by atoms with E-state index < -0.39 is 40.4 Å². The second-order valence-electron chi connectivity index (χ2n) is 7.07. The fourth-order valence-corrected chi connectivity index (χ4v) is 4.87. The van der Waals surface area contributed by atoms with Crippen molar-refractivity contribution in [1.82, 2.24) is 13.5 Å². The number of hydrogen-bond acceptors (Lipinski definition) is 6. The van der Waals surface area contributed by atoms with E-state index in [1.54, 1.807) is 24.3 Å². The molecule has 11 nitrogen and oxygen atoms in total. The number of ether oxygens (including phenoxy) is 2. The number of methoxy groups -OCH3 is 2. The summed E-state index contributed by atoms with van der Waals surface area (Å²) in [7, 11) is 1.47. The molecule has 1 fully saturated rings. The van der Waals surface area contributed by atoms with Crippen molar-refractivity contribution in [3.05, 3.63) is 29.8 Å². The first-order valence-corrected chi connectivity index (χ1v) is 10.5. The molecule has 1 amide bonds. The minimum absolute atomic E-state index is 0.0136. The molecule has 0 unspecified atom stereocenters. The number of carbonyl (C=O) groups is 2. The predicted molar refractivity (Wildman–Crippen MR) is 107 cm³/mol. The van der Waals surface area contributed by atoms with E-state index in [1.165, 1.54) is 28.3 Å². The summed E-state index contributed by atoms with van der Waals surface area (Å²) in [6, 6.07) is 3.18. The maximum Gasteiger partial charge on any atom is 0.408 e. The van der Waals surface area contributed by atoms with Gasteiger partial charge in [-0.2, -0.15) is 17.0 Å². The Kier molecular flexibility index (Phi) is 7.64. The maximum atomic E-state index is 13.1. The number of amides is 1. The number of nitrogens with zero attached hydrogens (tertiary/aromatic N) is 3. The van der Waals surface area contributed by atoms with E-state index in [4.69, 9.17) is 9.47 Å². The first kappa shape index (κ1) is 23.9. The number of likely N-dealkylation sites (tertiary alicyclic amines) is 1. The molecular formula is C18H27N3O8S. The average Bonchev–Trinajstić information content (AvgIpc) is 3.06. The number of carboxylic acid groups (broad SMARTS) is 2. The van der Waals surface area contributed by atoms with E-state index in [2.05, 4.69) is 0 Å². The molecule has 0 aromatic heterocycles. The van der Waals surface area contributed by atoms with E-state index in [0.29, 0.717) is 11.3 Å². The monoisotopic (exact) mass is 445 g/mol. The molecule has 30 heavy (non-hydrogen) atoms. The van der Waals surface area contributed by atoms with Crippen molar-refractivity contribution in [2.75, 3.05) is 34.9 Å². The SMILES string of the molecule is COC[C@@H]1C[C@H](N(Cc2ccc(OC)cc2)S(=O)(=O)N(C)C)[C@H](C(=O)O)N1C(=O)O. The standard InChI is InChI=1S/C18H27N3O8S/c1-19(2)30(26,27)20(10-12-5-7-14(29-4)8-6-12)15-9-13(11-28-3)21(18(24)25)16(15)17(22)23/h5-8,13,15-16H,9-11H2,1-4H3,(H,22,23)(H,24,25)/t13-,15-,16+/m0/s1. The second-order valence-corrected chi connectivity index (χ2v) is 9.16. The normalized spacial score (nSPS) is 21.9. The molecule has 2 rings (SSSR count). The van der Waals surface area contributed by atoms with Crippen LogP contribution in [0.1, 0.15) is 12.0 Å². The van der Waals surface area contributed by atoms with E-state index in [9.17, 15) is 28.2 Å². The topological polar surface area (TPSA) is 137 Å².